The number of anilines is 1. The number of nitrogens with zero attached hydrogens (tertiary/aromatic N) is 1. The molecule has 1 aliphatic rings. The van der Waals surface area contributed by atoms with Crippen LogP contribution < -0.4 is 4.90 Å². The van der Waals surface area contributed by atoms with Gasteiger partial charge in [-0.15, -0.1) is 0 Å². The summed E-state index contributed by atoms with van der Waals surface area (Å²) in [6.45, 7) is 0. The van der Waals surface area contributed by atoms with Gasteiger partial charge in [-0.2, -0.15) is 0 Å². The third-order valence-corrected chi connectivity index (χ3v) is 3.38. The molecule has 1 saturated heterocycles. The van der Waals surface area contributed by atoms with Gasteiger partial charge in [0.15, 0.2) is 0 Å². The van der Waals surface area contributed by atoms with Crippen LogP contribution >= 0.6 is 0 Å². The molecule has 20 heavy (non-hydrogen) atoms. The molecule has 5 nitrogen and oxygen atoms in total. The van der Waals surface area contributed by atoms with Crippen LogP contribution in [-0.2, 0) is 9.59 Å². The predicted octanol–water partition coefficient (Wildman–Crippen LogP) is 2.19. The Morgan fingerprint density at radius 2 is 1.55 bits per heavy atom. The van der Waals surface area contributed by atoms with Gasteiger partial charge in [0.2, 0.25) is 11.8 Å². The first-order valence-corrected chi connectivity index (χ1v) is 6.19. The Labute approximate surface area is 114 Å². The quantitative estimate of drug-likeness (QED) is 0.848. The van der Waals surface area contributed by atoms with E-state index in [2.05, 4.69) is 0 Å². The number of fused-ring (bicyclic) bond motifs is 1. The highest BCUT2D eigenvalue weighted by Crippen LogP contribution is 2.27. The van der Waals surface area contributed by atoms with Gasteiger partial charge < -0.3 is 5.11 Å². The Morgan fingerprint density at radius 3 is 2.20 bits per heavy atom. The van der Waals surface area contributed by atoms with Crippen molar-refractivity contribution in [1.29, 1.82) is 0 Å². The summed E-state index contributed by atoms with van der Waals surface area (Å²) in [4.78, 5) is 35.5. The predicted molar refractivity (Wildman–Crippen MR) is 72.6 cm³/mol. The zero-order chi connectivity index (χ0) is 14.3. The molecule has 0 spiro atoms. The highest BCUT2D eigenvalue weighted by Gasteiger charge is 2.30. The van der Waals surface area contributed by atoms with Gasteiger partial charge in [0.1, 0.15) is 0 Å². The third-order valence-electron chi connectivity index (χ3n) is 3.38. The Bertz CT molecular complexity index is 735. The second kappa shape index (κ2) is 4.45. The molecule has 3 rings (SSSR count). The molecule has 0 radical (unpaired) electrons. The van der Waals surface area contributed by atoms with Crippen molar-refractivity contribution in [2.75, 3.05) is 4.90 Å². The van der Waals surface area contributed by atoms with E-state index in [1.54, 1.807) is 30.3 Å². The summed E-state index contributed by atoms with van der Waals surface area (Å²) in [5.74, 6) is -1.38. The molecule has 0 aromatic heterocycles. The van der Waals surface area contributed by atoms with Crippen LogP contribution in [0.15, 0.2) is 36.4 Å². The van der Waals surface area contributed by atoms with Crippen LogP contribution in [0, 0.1) is 0 Å². The molecule has 0 saturated carbocycles. The summed E-state index contributed by atoms with van der Waals surface area (Å²) >= 11 is 0. The maximum atomic E-state index is 11.7. The lowest BCUT2D eigenvalue weighted by molar-refractivity contribution is -0.121. The molecule has 100 valence electrons. The third kappa shape index (κ3) is 1.93. The van der Waals surface area contributed by atoms with Crippen LogP contribution in [0.3, 0.4) is 0 Å². The van der Waals surface area contributed by atoms with Crippen molar-refractivity contribution in [1.82, 2.24) is 0 Å². The fraction of sp³-hybridized carbons (Fsp3) is 0.133. The van der Waals surface area contributed by atoms with E-state index in [0.717, 1.165) is 10.8 Å². The summed E-state index contributed by atoms with van der Waals surface area (Å²) in [6, 6.07) is 9.84. The molecule has 1 N–H and O–H groups in total. The maximum absolute atomic E-state index is 11.7. The van der Waals surface area contributed by atoms with Crippen molar-refractivity contribution in [3.05, 3.63) is 42.0 Å². The highest BCUT2D eigenvalue weighted by atomic mass is 16.4. The summed E-state index contributed by atoms with van der Waals surface area (Å²) in [7, 11) is 0. The smallest absolute Gasteiger partial charge is 0.335 e. The van der Waals surface area contributed by atoms with Crippen LogP contribution in [0.4, 0.5) is 5.69 Å². The fourth-order valence-corrected chi connectivity index (χ4v) is 2.37. The molecular formula is C15H11NO4. The molecule has 1 heterocycles. The molecular weight excluding hydrogens is 258 g/mol. The number of amides is 2. The van der Waals surface area contributed by atoms with Crippen LogP contribution in [0.2, 0.25) is 0 Å². The molecule has 0 bridgehead atoms. The zero-order valence-electron chi connectivity index (χ0n) is 10.5. The van der Waals surface area contributed by atoms with Gasteiger partial charge in [-0.3, -0.25) is 14.5 Å². The Morgan fingerprint density at radius 1 is 0.950 bits per heavy atom. The minimum Gasteiger partial charge on any atom is -0.478 e. The minimum atomic E-state index is -0.985. The van der Waals surface area contributed by atoms with Gasteiger partial charge in [0, 0.05) is 12.8 Å². The zero-order valence-corrected chi connectivity index (χ0v) is 10.5. The van der Waals surface area contributed by atoms with E-state index in [1.165, 1.54) is 11.0 Å². The first-order chi connectivity index (χ1) is 9.56. The van der Waals surface area contributed by atoms with Crippen molar-refractivity contribution in [3.63, 3.8) is 0 Å². The molecule has 1 aliphatic heterocycles. The maximum Gasteiger partial charge on any atom is 0.335 e. The van der Waals surface area contributed by atoms with Crippen molar-refractivity contribution < 1.29 is 19.5 Å². The average Bonchev–Trinajstić information content (AvgIpc) is 2.77. The summed E-state index contributed by atoms with van der Waals surface area (Å²) in [5, 5.41) is 10.5. The number of benzene rings is 2. The van der Waals surface area contributed by atoms with E-state index in [0.29, 0.717) is 5.69 Å². The molecule has 2 aromatic carbocycles. The second-order valence-corrected chi connectivity index (χ2v) is 4.67. The van der Waals surface area contributed by atoms with E-state index in [9.17, 15) is 14.4 Å². The lowest BCUT2D eigenvalue weighted by Crippen LogP contribution is -2.28. The molecule has 0 unspecified atom stereocenters. The standard InChI is InChI=1S/C15H11NO4/c17-13-5-6-14(18)16(13)12-4-3-9-7-11(15(19)20)2-1-10(9)8-12/h1-4,7-8H,5-6H2,(H,19,20). The molecule has 2 aromatic rings. The van der Waals surface area contributed by atoms with Gasteiger partial charge in [-0.1, -0.05) is 12.1 Å². The number of carbonyl (C=O) groups is 3. The Balaban J connectivity index is 2.07. The lowest BCUT2D eigenvalue weighted by atomic mass is 10.1. The van der Waals surface area contributed by atoms with E-state index < -0.39 is 5.97 Å². The lowest BCUT2D eigenvalue weighted by Gasteiger charge is -2.14. The molecule has 5 heteroatoms. The summed E-state index contributed by atoms with van der Waals surface area (Å²) in [5.41, 5.74) is 0.742. The topological polar surface area (TPSA) is 74.7 Å². The number of rotatable bonds is 2. The molecule has 0 atom stereocenters. The number of carbonyl (C=O) groups excluding carboxylic acids is 2. The number of hydrogen-bond donors (Lipinski definition) is 1. The van der Waals surface area contributed by atoms with Crippen LogP contribution in [0.1, 0.15) is 23.2 Å². The number of hydrogen-bond acceptors (Lipinski definition) is 3. The summed E-state index contributed by atoms with van der Waals surface area (Å²) < 4.78 is 0. The van der Waals surface area contributed by atoms with E-state index >= 15 is 0 Å². The highest BCUT2D eigenvalue weighted by molar-refractivity contribution is 6.20. The minimum absolute atomic E-state index is 0.198. The average molecular weight is 269 g/mol. The monoisotopic (exact) mass is 269 g/mol. The number of imide groups is 1. The van der Waals surface area contributed by atoms with Crippen molar-refractivity contribution in [2.45, 2.75) is 12.8 Å². The van der Waals surface area contributed by atoms with E-state index in [1.807, 2.05) is 0 Å². The first kappa shape index (κ1) is 12.3. The van der Waals surface area contributed by atoms with Gasteiger partial charge in [0.05, 0.1) is 11.3 Å². The molecule has 2 amide bonds. The number of carboxylic acid groups (broad SMARTS) is 1. The Hall–Kier alpha value is -2.69. The largest absolute Gasteiger partial charge is 0.478 e. The van der Waals surface area contributed by atoms with Crippen LogP contribution in [0.5, 0.6) is 0 Å². The van der Waals surface area contributed by atoms with Crippen LogP contribution in [0.25, 0.3) is 10.8 Å². The fourth-order valence-electron chi connectivity index (χ4n) is 2.37. The van der Waals surface area contributed by atoms with Crippen molar-refractivity contribution in [3.8, 4) is 0 Å². The molecule has 0 aliphatic carbocycles. The SMILES string of the molecule is O=C(O)c1ccc2cc(N3C(=O)CCC3=O)ccc2c1. The van der Waals surface area contributed by atoms with Gasteiger partial charge >= 0.3 is 5.97 Å². The summed E-state index contributed by atoms with van der Waals surface area (Å²) in [6.07, 6.45) is 0.490. The molecule has 1 fully saturated rings. The van der Waals surface area contributed by atoms with Crippen LogP contribution in [-0.4, -0.2) is 22.9 Å². The second-order valence-electron chi connectivity index (χ2n) is 4.67. The first-order valence-electron chi connectivity index (χ1n) is 6.19. The van der Waals surface area contributed by atoms with Gasteiger partial charge in [0.25, 0.3) is 0 Å². The normalized spacial score (nSPS) is 15.1. The Kier molecular flexibility index (Phi) is 2.75. The van der Waals surface area contributed by atoms with E-state index in [-0.39, 0.29) is 30.2 Å². The number of carboxylic acids is 1. The van der Waals surface area contributed by atoms with E-state index in [4.69, 9.17) is 5.11 Å². The van der Waals surface area contributed by atoms with Crippen molar-refractivity contribution >= 4 is 34.2 Å². The van der Waals surface area contributed by atoms with Gasteiger partial charge in [-0.05, 0) is 35.0 Å². The van der Waals surface area contributed by atoms with Gasteiger partial charge in [-0.25, -0.2) is 4.79 Å². The van der Waals surface area contributed by atoms with Crippen molar-refractivity contribution in [2.24, 2.45) is 0 Å². The number of aromatic carboxylic acids is 1.